The number of carbonyl (C=O) groups excluding carboxylic acids is 1. The first-order valence-electron chi connectivity index (χ1n) is 11.8. The van der Waals surface area contributed by atoms with Crippen LogP contribution in [0.5, 0.6) is 0 Å². The van der Waals surface area contributed by atoms with Gasteiger partial charge in [-0.3, -0.25) is 4.79 Å². The monoisotopic (exact) mass is 404 g/mol. The van der Waals surface area contributed by atoms with E-state index >= 15 is 0 Å². The minimum atomic E-state index is -0.508. The van der Waals surface area contributed by atoms with E-state index in [0.29, 0.717) is 42.7 Å². The van der Waals surface area contributed by atoms with Gasteiger partial charge in [0.25, 0.3) is 0 Å². The quantitative estimate of drug-likeness (QED) is 0.609. The molecule has 0 N–H and O–H groups in total. The van der Waals surface area contributed by atoms with E-state index in [1.165, 1.54) is 0 Å². The summed E-state index contributed by atoms with van der Waals surface area (Å²) in [5.41, 5.74) is -0.0263. The Hall–Kier alpha value is -0.490. The minimum absolute atomic E-state index is 0.102. The summed E-state index contributed by atoms with van der Waals surface area (Å²) in [6.07, 6.45) is 7.20. The van der Waals surface area contributed by atoms with Crippen molar-refractivity contribution in [3.05, 3.63) is 0 Å². The van der Waals surface area contributed by atoms with Gasteiger partial charge in [0.15, 0.2) is 11.6 Å². The van der Waals surface area contributed by atoms with Crippen LogP contribution in [0.1, 0.15) is 72.6 Å². The Morgan fingerprint density at radius 3 is 2.38 bits per heavy atom. The second-order valence-electron chi connectivity index (χ2n) is 11.7. The topological polar surface area (TPSA) is 54.0 Å². The second kappa shape index (κ2) is 5.85. The van der Waals surface area contributed by atoms with Crippen molar-refractivity contribution >= 4 is 5.78 Å². The van der Waals surface area contributed by atoms with Crippen molar-refractivity contribution < 1.29 is 23.7 Å². The molecule has 4 saturated carbocycles. The molecule has 2 heterocycles. The van der Waals surface area contributed by atoms with Crippen LogP contribution in [0.15, 0.2) is 0 Å². The summed E-state index contributed by atoms with van der Waals surface area (Å²) < 4.78 is 25.6. The predicted octanol–water partition coefficient (Wildman–Crippen LogP) is 4.08. The van der Waals surface area contributed by atoms with Gasteiger partial charge in [0.1, 0.15) is 5.78 Å². The van der Waals surface area contributed by atoms with Crippen molar-refractivity contribution in [2.24, 2.45) is 34.5 Å². The number of fused-ring (bicyclic) bond motifs is 7. The highest BCUT2D eigenvalue weighted by Gasteiger charge is 2.69. The lowest BCUT2D eigenvalue weighted by Crippen LogP contribution is -2.65. The SMILES string of the molecule is CC1(C)O[C@H]2C[C@@H]3C4(C[C@@H]5[C@H](CC[C@]6(C)C(=O)CC[C@@H]56)[C@@]3(C)C[C@H]2O1)OCCO4. The number of hydrogen-bond acceptors (Lipinski definition) is 5. The van der Waals surface area contributed by atoms with Crippen LogP contribution in [0, 0.1) is 34.5 Å². The molecule has 8 atom stereocenters. The fraction of sp³-hybridized carbons (Fsp3) is 0.958. The summed E-state index contributed by atoms with van der Waals surface area (Å²) >= 11 is 0. The first kappa shape index (κ1) is 19.2. The third kappa shape index (κ3) is 2.45. The zero-order valence-electron chi connectivity index (χ0n) is 18.4. The summed E-state index contributed by atoms with van der Waals surface area (Å²) in [6.45, 7) is 10.2. The van der Waals surface area contributed by atoms with Crippen LogP contribution in [-0.4, -0.2) is 42.8 Å². The maximum atomic E-state index is 12.8. The highest BCUT2D eigenvalue weighted by atomic mass is 16.8. The minimum Gasteiger partial charge on any atom is -0.347 e. The number of ether oxygens (including phenoxy) is 4. The van der Waals surface area contributed by atoms with Crippen LogP contribution < -0.4 is 0 Å². The van der Waals surface area contributed by atoms with E-state index < -0.39 is 11.6 Å². The molecule has 6 rings (SSSR count). The Labute approximate surface area is 174 Å². The van der Waals surface area contributed by atoms with E-state index in [-0.39, 0.29) is 23.0 Å². The molecule has 162 valence electrons. The first-order chi connectivity index (χ1) is 13.7. The van der Waals surface area contributed by atoms with Gasteiger partial charge >= 0.3 is 0 Å². The average molecular weight is 405 g/mol. The maximum Gasteiger partial charge on any atom is 0.172 e. The van der Waals surface area contributed by atoms with Gasteiger partial charge in [0, 0.05) is 24.2 Å². The summed E-state index contributed by atoms with van der Waals surface area (Å²) in [4.78, 5) is 12.8. The molecule has 0 aromatic rings. The second-order valence-corrected chi connectivity index (χ2v) is 11.7. The lowest BCUT2D eigenvalue weighted by Gasteiger charge is -2.64. The highest BCUT2D eigenvalue weighted by Crippen LogP contribution is 2.69. The summed E-state index contributed by atoms with van der Waals surface area (Å²) in [5, 5.41) is 0. The third-order valence-corrected chi connectivity index (χ3v) is 10.0. The maximum absolute atomic E-state index is 12.8. The summed E-state index contributed by atoms with van der Waals surface area (Å²) in [7, 11) is 0. The number of rotatable bonds is 0. The lowest BCUT2D eigenvalue weighted by molar-refractivity contribution is -0.299. The normalized spacial score (nSPS) is 54.7. The van der Waals surface area contributed by atoms with Gasteiger partial charge in [-0.2, -0.15) is 0 Å². The molecule has 0 bridgehead atoms. The van der Waals surface area contributed by atoms with E-state index in [1.807, 2.05) is 13.8 Å². The van der Waals surface area contributed by atoms with Gasteiger partial charge in [0.05, 0.1) is 25.4 Å². The van der Waals surface area contributed by atoms with E-state index in [0.717, 1.165) is 44.9 Å². The molecule has 29 heavy (non-hydrogen) atoms. The van der Waals surface area contributed by atoms with E-state index in [9.17, 15) is 4.79 Å². The average Bonchev–Trinajstić information content (AvgIpc) is 3.30. The molecule has 5 nitrogen and oxygen atoms in total. The van der Waals surface area contributed by atoms with Crippen LogP contribution in [0.3, 0.4) is 0 Å². The van der Waals surface area contributed by atoms with Crippen LogP contribution in [-0.2, 0) is 23.7 Å². The molecule has 0 aromatic heterocycles. The fourth-order valence-corrected chi connectivity index (χ4v) is 8.87. The molecule has 0 radical (unpaired) electrons. The number of hydrogen-bond donors (Lipinski definition) is 0. The first-order valence-corrected chi connectivity index (χ1v) is 11.8. The zero-order valence-corrected chi connectivity index (χ0v) is 18.4. The molecular weight excluding hydrogens is 368 g/mol. The largest absolute Gasteiger partial charge is 0.347 e. The smallest absolute Gasteiger partial charge is 0.172 e. The highest BCUT2D eigenvalue weighted by molar-refractivity contribution is 5.87. The summed E-state index contributed by atoms with van der Waals surface area (Å²) in [5.74, 6) is 1.42. The number of Topliss-reactive ketones (excluding diaryl/α,β-unsaturated/α-hetero) is 1. The van der Waals surface area contributed by atoms with Gasteiger partial charge in [-0.25, -0.2) is 0 Å². The molecule has 0 aromatic carbocycles. The predicted molar refractivity (Wildman–Crippen MR) is 106 cm³/mol. The van der Waals surface area contributed by atoms with E-state index in [4.69, 9.17) is 18.9 Å². The molecule has 0 amide bonds. The summed E-state index contributed by atoms with van der Waals surface area (Å²) in [6, 6.07) is 0. The molecule has 5 heteroatoms. The van der Waals surface area contributed by atoms with Crippen LogP contribution >= 0.6 is 0 Å². The van der Waals surface area contributed by atoms with Crippen LogP contribution in [0.2, 0.25) is 0 Å². The molecule has 6 fully saturated rings. The van der Waals surface area contributed by atoms with Gasteiger partial charge in [-0.1, -0.05) is 13.8 Å². The standard InChI is InChI=1S/C24H36O5/c1-21(2)28-17-11-19-23(4,13-18(17)29-21)16-7-8-22(3)15(5-6-20(22)25)14(16)12-24(19)26-9-10-27-24/h14-19H,5-13H2,1-4H3/t14-,15-,16-,17-,18+,19-,22-,23+/m0/s1. The van der Waals surface area contributed by atoms with Crippen molar-refractivity contribution in [3.8, 4) is 0 Å². The Morgan fingerprint density at radius 1 is 0.897 bits per heavy atom. The van der Waals surface area contributed by atoms with Crippen molar-refractivity contribution in [1.29, 1.82) is 0 Å². The van der Waals surface area contributed by atoms with Gasteiger partial charge in [-0.15, -0.1) is 0 Å². The van der Waals surface area contributed by atoms with Crippen molar-refractivity contribution in [1.82, 2.24) is 0 Å². The Morgan fingerprint density at radius 2 is 1.62 bits per heavy atom. The molecule has 6 aliphatic rings. The van der Waals surface area contributed by atoms with Crippen molar-refractivity contribution in [2.75, 3.05) is 13.2 Å². The molecule has 2 saturated heterocycles. The molecule has 1 spiro atoms. The molecule has 0 unspecified atom stereocenters. The zero-order chi connectivity index (χ0) is 20.2. The van der Waals surface area contributed by atoms with Gasteiger partial charge in [-0.05, 0) is 69.1 Å². The number of carbonyl (C=O) groups is 1. The molecule has 4 aliphatic carbocycles. The van der Waals surface area contributed by atoms with E-state index in [1.54, 1.807) is 0 Å². The fourth-order valence-electron chi connectivity index (χ4n) is 8.87. The van der Waals surface area contributed by atoms with Crippen LogP contribution in [0.25, 0.3) is 0 Å². The van der Waals surface area contributed by atoms with E-state index in [2.05, 4.69) is 13.8 Å². The van der Waals surface area contributed by atoms with Crippen molar-refractivity contribution in [2.45, 2.75) is 96.4 Å². The molecular formula is C24H36O5. The van der Waals surface area contributed by atoms with Gasteiger partial charge in [0.2, 0.25) is 0 Å². The van der Waals surface area contributed by atoms with Gasteiger partial charge < -0.3 is 18.9 Å². The Kier molecular flexibility index (Phi) is 3.87. The Bertz CT molecular complexity index is 727. The molecule has 2 aliphatic heterocycles. The van der Waals surface area contributed by atoms with Crippen LogP contribution in [0.4, 0.5) is 0 Å². The van der Waals surface area contributed by atoms with Crippen molar-refractivity contribution in [3.63, 3.8) is 0 Å². The third-order valence-electron chi connectivity index (χ3n) is 10.0. The number of ketones is 1. The lowest BCUT2D eigenvalue weighted by atomic mass is 9.43. The Balaban J connectivity index is 1.41.